The number of rotatable bonds is 15. The van der Waals surface area contributed by atoms with Crippen LogP contribution in [0.2, 0.25) is 0 Å². The van der Waals surface area contributed by atoms with Crippen molar-refractivity contribution >= 4 is 5.78 Å². The minimum absolute atomic E-state index is 0.0685. The standard InChI is InChI=1S/C24H34N2O/c1-2-3-4-5-6-7-8-9-10-11-12-13-14-15-16-17-18-21-24(27)23-20-19-22-25-26-23/h6-7,9-10,12-13,15-16,19-20,22H,2-5,8,11,14,17-18,21H2,1H3. The third-order valence-electron chi connectivity index (χ3n) is 4.09. The molecule has 0 aliphatic carbocycles. The number of Topliss-reactive ketones (excluding diaryl/α,β-unsaturated/α-hetero) is 1. The van der Waals surface area contributed by atoms with Crippen LogP contribution < -0.4 is 0 Å². The molecule has 3 heteroatoms. The second-order valence-electron chi connectivity index (χ2n) is 6.51. The van der Waals surface area contributed by atoms with Gasteiger partial charge in [0.05, 0.1) is 0 Å². The Bertz CT molecular complexity index is 600. The molecule has 0 aromatic carbocycles. The fraction of sp³-hybridized carbons (Fsp3) is 0.458. The molecule has 0 N–H and O–H groups in total. The second kappa shape index (κ2) is 17.1. The number of carbonyl (C=O) groups excluding carboxylic acids is 1. The van der Waals surface area contributed by atoms with Gasteiger partial charge < -0.3 is 0 Å². The summed E-state index contributed by atoms with van der Waals surface area (Å²) in [5.74, 6) is 0.0685. The minimum Gasteiger partial charge on any atom is -0.292 e. The van der Waals surface area contributed by atoms with E-state index in [4.69, 9.17) is 0 Å². The highest BCUT2D eigenvalue weighted by Gasteiger charge is 2.05. The van der Waals surface area contributed by atoms with Gasteiger partial charge in [0.2, 0.25) is 0 Å². The van der Waals surface area contributed by atoms with Crippen LogP contribution in [0, 0.1) is 0 Å². The highest BCUT2D eigenvalue weighted by molar-refractivity contribution is 5.93. The number of aromatic nitrogens is 2. The van der Waals surface area contributed by atoms with Gasteiger partial charge in [0.25, 0.3) is 0 Å². The second-order valence-corrected chi connectivity index (χ2v) is 6.51. The van der Waals surface area contributed by atoms with Crippen LogP contribution in [0.4, 0.5) is 0 Å². The van der Waals surface area contributed by atoms with E-state index in [9.17, 15) is 4.79 Å². The quantitative estimate of drug-likeness (QED) is 0.195. The van der Waals surface area contributed by atoms with Crippen molar-refractivity contribution in [2.24, 2.45) is 0 Å². The largest absolute Gasteiger partial charge is 0.292 e. The van der Waals surface area contributed by atoms with Crippen LogP contribution in [0.15, 0.2) is 66.9 Å². The Morgan fingerprint density at radius 3 is 2.00 bits per heavy atom. The van der Waals surface area contributed by atoms with Crippen molar-refractivity contribution in [2.45, 2.75) is 71.1 Å². The Labute approximate surface area is 165 Å². The number of nitrogens with zero attached hydrogens (tertiary/aromatic N) is 2. The molecule has 1 heterocycles. The van der Waals surface area contributed by atoms with Crippen molar-refractivity contribution in [3.8, 4) is 0 Å². The smallest absolute Gasteiger partial charge is 0.183 e. The molecule has 27 heavy (non-hydrogen) atoms. The molecule has 0 bridgehead atoms. The Morgan fingerprint density at radius 2 is 1.44 bits per heavy atom. The van der Waals surface area contributed by atoms with E-state index in [1.807, 2.05) is 0 Å². The number of carbonyl (C=O) groups is 1. The van der Waals surface area contributed by atoms with Gasteiger partial charge in [-0.05, 0) is 57.1 Å². The topological polar surface area (TPSA) is 42.9 Å². The molecule has 0 unspecified atom stereocenters. The maximum Gasteiger partial charge on any atom is 0.183 e. The third kappa shape index (κ3) is 13.6. The lowest BCUT2D eigenvalue weighted by molar-refractivity contribution is 0.0974. The lowest BCUT2D eigenvalue weighted by Crippen LogP contribution is -2.02. The number of ketones is 1. The molecule has 0 spiro atoms. The highest BCUT2D eigenvalue weighted by atomic mass is 16.1. The average molecular weight is 367 g/mol. The molecule has 146 valence electrons. The fourth-order valence-electron chi connectivity index (χ4n) is 2.52. The number of hydrogen-bond acceptors (Lipinski definition) is 3. The van der Waals surface area contributed by atoms with Gasteiger partial charge in [-0.25, -0.2) is 0 Å². The van der Waals surface area contributed by atoms with Crippen molar-refractivity contribution in [1.82, 2.24) is 10.2 Å². The van der Waals surface area contributed by atoms with E-state index in [1.165, 1.54) is 25.7 Å². The zero-order valence-electron chi connectivity index (χ0n) is 16.7. The summed E-state index contributed by atoms with van der Waals surface area (Å²) in [4.78, 5) is 11.9. The summed E-state index contributed by atoms with van der Waals surface area (Å²) < 4.78 is 0. The summed E-state index contributed by atoms with van der Waals surface area (Å²) in [6.07, 6.45) is 29.7. The van der Waals surface area contributed by atoms with Crippen LogP contribution in [0.1, 0.15) is 81.6 Å². The first-order valence-corrected chi connectivity index (χ1v) is 10.3. The summed E-state index contributed by atoms with van der Waals surface area (Å²) >= 11 is 0. The number of unbranched alkanes of at least 4 members (excludes halogenated alkanes) is 4. The summed E-state index contributed by atoms with van der Waals surface area (Å²) in [5, 5.41) is 7.57. The van der Waals surface area contributed by atoms with Crippen molar-refractivity contribution < 1.29 is 4.79 Å². The molecule has 0 atom stereocenters. The minimum atomic E-state index is 0.0685. The van der Waals surface area contributed by atoms with E-state index in [2.05, 4.69) is 65.7 Å². The van der Waals surface area contributed by atoms with Crippen LogP contribution in [0.5, 0.6) is 0 Å². The van der Waals surface area contributed by atoms with Gasteiger partial charge in [-0.1, -0.05) is 68.4 Å². The van der Waals surface area contributed by atoms with Gasteiger partial charge in [-0.3, -0.25) is 4.79 Å². The molecular weight excluding hydrogens is 332 g/mol. The van der Waals surface area contributed by atoms with E-state index < -0.39 is 0 Å². The van der Waals surface area contributed by atoms with E-state index >= 15 is 0 Å². The Morgan fingerprint density at radius 1 is 0.852 bits per heavy atom. The third-order valence-corrected chi connectivity index (χ3v) is 4.09. The van der Waals surface area contributed by atoms with Gasteiger partial charge in [0.1, 0.15) is 5.69 Å². The normalized spacial score (nSPS) is 12.2. The molecule has 0 fully saturated rings. The zero-order valence-corrected chi connectivity index (χ0v) is 16.7. The molecule has 0 saturated heterocycles. The monoisotopic (exact) mass is 366 g/mol. The summed E-state index contributed by atoms with van der Waals surface area (Å²) in [6, 6.07) is 3.46. The van der Waals surface area contributed by atoms with Gasteiger partial charge in [0.15, 0.2) is 5.78 Å². The van der Waals surface area contributed by atoms with Crippen LogP contribution in [-0.4, -0.2) is 16.0 Å². The average Bonchev–Trinajstić information content (AvgIpc) is 2.70. The van der Waals surface area contributed by atoms with E-state index in [-0.39, 0.29) is 5.78 Å². The van der Waals surface area contributed by atoms with Crippen LogP contribution in [0.3, 0.4) is 0 Å². The zero-order chi connectivity index (χ0) is 19.4. The number of allylic oxidation sites excluding steroid dienone is 8. The highest BCUT2D eigenvalue weighted by Crippen LogP contribution is 2.05. The molecule has 0 aliphatic rings. The first-order valence-electron chi connectivity index (χ1n) is 10.3. The fourth-order valence-corrected chi connectivity index (χ4v) is 2.52. The maximum atomic E-state index is 11.9. The number of hydrogen-bond donors (Lipinski definition) is 0. The molecule has 1 rings (SSSR count). The summed E-state index contributed by atoms with van der Waals surface area (Å²) in [7, 11) is 0. The lowest BCUT2D eigenvalue weighted by atomic mass is 10.1. The van der Waals surface area contributed by atoms with Crippen LogP contribution in [0.25, 0.3) is 0 Å². The van der Waals surface area contributed by atoms with E-state index in [0.29, 0.717) is 12.1 Å². The molecule has 0 amide bonds. The van der Waals surface area contributed by atoms with Crippen molar-refractivity contribution in [3.63, 3.8) is 0 Å². The van der Waals surface area contributed by atoms with E-state index in [1.54, 1.807) is 18.3 Å². The van der Waals surface area contributed by atoms with Gasteiger partial charge >= 0.3 is 0 Å². The molecule has 0 aliphatic heterocycles. The molecular formula is C24H34N2O. The Hall–Kier alpha value is -2.29. The molecule has 0 radical (unpaired) electrons. The predicted octanol–water partition coefficient (Wildman–Crippen LogP) is 6.81. The Balaban J connectivity index is 1.97. The molecule has 1 aromatic rings. The summed E-state index contributed by atoms with van der Waals surface area (Å²) in [5.41, 5.74) is 0.462. The van der Waals surface area contributed by atoms with E-state index in [0.717, 1.165) is 32.1 Å². The van der Waals surface area contributed by atoms with Crippen LogP contribution >= 0.6 is 0 Å². The van der Waals surface area contributed by atoms with Crippen molar-refractivity contribution in [2.75, 3.05) is 0 Å². The molecule has 3 nitrogen and oxygen atoms in total. The van der Waals surface area contributed by atoms with Gasteiger partial charge in [-0.15, -0.1) is 5.10 Å². The van der Waals surface area contributed by atoms with Crippen molar-refractivity contribution in [3.05, 3.63) is 72.6 Å². The Kier molecular flexibility index (Phi) is 14.4. The van der Waals surface area contributed by atoms with Gasteiger partial charge in [-0.2, -0.15) is 5.10 Å². The van der Waals surface area contributed by atoms with Gasteiger partial charge in [0, 0.05) is 12.6 Å². The first kappa shape index (κ1) is 22.8. The van der Waals surface area contributed by atoms with Crippen molar-refractivity contribution in [1.29, 1.82) is 0 Å². The predicted molar refractivity (Wildman–Crippen MR) is 115 cm³/mol. The lowest BCUT2D eigenvalue weighted by Gasteiger charge is -1.97. The maximum absolute atomic E-state index is 11.9. The first-order chi connectivity index (χ1) is 13.3. The molecule has 1 aromatic heterocycles. The SMILES string of the molecule is CCCCCC=CCC=CCC=CCC=CCCCC(=O)c1cccnn1. The van der Waals surface area contributed by atoms with Crippen LogP contribution in [-0.2, 0) is 0 Å². The molecule has 0 saturated carbocycles. The summed E-state index contributed by atoms with van der Waals surface area (Å²) in [6.45, 7) is 2.24.